The molecule has 1 aliphatic heterocycles. The number of rotatable bonds is 7. The maximum atomic E-state index is 12.5. The molecule has 0 unspecified atom stereocenters. The summed E-state index contributed by atoms with van der Waals surface area (Å²) in [6, 6.07) is 0. The fraction of sp³-hybridized carbons (Fsp3) is 0.800. The standard InChI is InChI=1S/C15H26N4O3S/c1-4-18-8-14-13(11-22-10-12-5-6-12)7-19(9-15(14)16-18)23(20,21)17(2)3/h8,12-13H,4-7,9-11H2,1-3H3/t13-/m1/s1. The second-order valence-electron chi connectivity index (χ2n) is 6.65. The molecule has 1 saturated carbocycles. The van der Waals surface area contributed by atoms with Crippen LogP contribution in [0.1, 0.15) is 36.9 Å². The minimum absolute atomic E-state index is 0.0486. The third-order valence-electron chi connectivity index (χ3n) is 4.54. The van der Waals surface area contributed by atoms with Gasteiger partial charge in [0.05, 0.1) is 18.8 Å². The molecule has 2 heterocycles. The van der Waals surface area contributed by atoms with Gasteiger partial charge >= 0.3 is 0 Å². The Hall–Kier alpha value is -0.960. The van der Waals surface area contributed by atoms with E-state index in [0.717, 1.165) is 24.4 Å². The molecule has 1 aliphatic carbocycles. The monoisotopic (exact) mass is 342 g/mol. The van der Waals surface area contributed by atoms with Gasteiger partial charge in [-0.1, -0.05) is 0 Å². The van der Waals surface area contributed by atoms with Crippen LogP contribution in [0.5, 0.6) is 0 Å². The van der Waals surface area contributed by atoms with Crippen LogP contribution in [0.3, 0.4) is 0 Å². The fourth-order valence-corrected chi connectivity index (χ4v) is 4.00. The van der Waals surface area contributed by atoms with E-state index in [9.17, 15) is 8.42 Å². The SMILES string of the molecule is CCn1cc2c(n1)CN(S(=O)(=O)N(C)C)C[C@@H]2COCC1CC1. The number of ether oxygens (including phenoxy) is 1. The third kappa shape index (κ3) is 3.60. The van der Waals surface area contributed by atoms with Crippen LogP contribution in [-0.4, -0.2) is 60.7 Å². The van der Waals surface area contributed by atoms with E-state index in [1.54, 1.807) is 14.1 Å². The van der Waals surface area contributed by atoms with Gasteiger partial charge in [0.15, 0.2) is 0 Å². The number of aromatic nitrogens is 2. The molecule has 0 radical (unpaired) electrons. The fourth-order valence-electron chi connectivity index (χ4n) is 2.89. The highest BCUT2D eigenvalue weighted by Gasteiger charge is 2.35. The summed E-state index contributed by atoms with van der Waals surface area (Å²) in [4.78, 5) is 0. The predicted molar refractivity (Wildman–Crippen MR) is 87.2 cm³/mol. The van der Waals surface area contributed by atoms with E-state index in [2.05, 4.69) is 5.10 Å². The van der Waals surface area contributed by atoms with Crippen molar-refractivity contribution in [3.8, 4) is 0 Å². The molecule has 3 rings (SSSR count). The minimum Gasteiger partial charge on any atom is -0.380 e. The predicted octanol–water partition coefficient (Wildman–Crippen LogP) is 1.04. The van der Waals surface area contributed by atoms with Crippen molar-refractivity contribution in [2.45, 2.75) is 38.8 Å². The zero-order valence-corrected chi connectivity index (χ0v) is 14.9. The second kappa shape index (κ2) is 6.51. The van der Waals surface area contributed by atoms with E-state index in [0.29, 0.717) is 25.6 Å². The van der Waals surface area contributed by atoms with E-state index < -0.39 is 10.2 Å². The Morgan fingerprint density at radius 3 is 2.70 bits per heavy atom. The zero-order chi connectivity index (χ0) is 16.6. The number of aryl methyl sites for hydroxylation is 1. The Morgan fingerprint density at radius 2 is 2.09 bits per heavy atom. The van der Waals surface area contributed by atoms with Crippen molar-refractivity contribution in [1.82, 2.24) is 18.4 Å². The molecule has 23 heavy (non-hydrogen) atoms. The molecule has 1 aromatic heterocycles. The quantitative estimate of drug-likeness (QED) is 0.742. The van der Waals surface area contributed by atoms with Crippen LogP contribution >= 0.6 is 0 Å². The summed E-state index contributed by atoms with van der Waals surface area (Å²) < 4.78 is 35.5. The lowest BCUT2D eigenvalue weighted by Crippen LogP contribution is -2.44. The summed E-state index contributed by atoms with van der Waals surface area (Å²) in [5, 5.41) is 4.53. The largest absolute Gasteiger partial charge is 0.380 e. The maximum absolute atomic E-state index is 12.5. The van der Waals surface area contributed by atoms with Crippen LogP contribution in [0.25, 0.3) is 0 Å². The topological polar surface area (TPSA) is 67.7 Å². The molecule has 0 bridgehead atoms. The van der Waals surface area contributed by atoms with Crippen molar-refractivity contribution in [1.29, 1.82) is 0 Å². The average molecular weight is 342 g/mol. The lowest BCUT2D eigenvalue weighted by Gasteiger charge is -2.32. The van der Waals surface area contributed by atoms with Gasteiger partial charge in [-0.3, -0.25) is 4.68 Å². The number of nitrogens with zero attached hydrogens (tertiary/aromatic N) is 4. The van der Waals surface area contributed by atoms with Gasteiger partial charge in [0.1, 0.15) is 0 Å². The van der Waals surface area contributed by atoms with Crippen molar-refractivity contribution in [3.05, 3.63) is 17.5 Å². The van der Waals surface area contributed by atoms with Gasteiger partial charge in [0.2, 0.25) is 0 Å². The van der Waals surface area contributed by atoms with Crippen molar-refractivity contribution in [2.24, 2.45) is 5.92 Å². The maximum Gasteiger partial charge on any atom is 0.281 e. The van der Waals surface area contributed by atoms with Gasteiger partial charge in [0.25, 0.3) is 10.2 Å². The molecule has 1 aromatic rings. The Morgan fingerprint density at radius 1 is 1.35 bits per heavy atom. The minimum atomic E-state index is -3.44. The molecule has 2 aliphatic rings. The molecule has 130 valence electrons. The Balaban J connectivity index is 1.79. The smallest absolute Gasteiger partial charge is 0.281 e. The summed E-state index contributed by atoms with van der Waals surface area (Å²) in [6.07, 6.45) is 4.55. The second-order valence-corrected chi connectivity index (χ2v) is 8.79. The van der Waals surface area contributed by atoms with Gasteiger partial charge < -0.3 is 4.74 Å². The average Bonchev–Trinajstić information content (AvgIpc) is 3.23. The van der Waals surface area contributed by atoms with E-state index in [-0.39, 0.29) is 5.92 Å². The Labute approximate surface area is 138 Å². The Kier molecular flexibility index (Phi) is 4.78. The van der Waals surface area contributed by atoms with E-state index >= 15 is 0 Å². The normalized spacial score (nSPS) is 22.5. The molecule has 1 fully saturated rings. The summed E-state index contributed by atoms with van der Waals surface area (Å²) in [7, 11) is -0.313. The molecule has 0 spiro atoms. The number of fused-ring (bicyclic) bond motifs is 1. The highest BCUT2D eigenvalue weighted by molar-refractivity contribution is 7.86. The number of hydrogen-bond acceptors (Lipinski definition) is 4. The lowest BCUT2D eigenvalue weighted by atomic mass is 9.97. The van der Waals surface area contributed by atoms with Crippen molar-refractivity contribution in [2.75, 3.05) is 33.9 Å². The molecule has 7 nitrogen and oxygen atoms in total. The summed E-state index contributed by atoms with van der Waals surface area (Å²) in [5.74, 6) is 0.755. The van der Waals surface area contributed by atoms with Crippen LogP contribution in [0.2, 0.25) is 0 Å². The van der Waals surface area contributed by atoms with Gasteiger partial charge in [0, 0.05) is 51.5 Å². The lowest BCUT2D eigenvalue weighted by molar-refractivity contribution is 0.101. The van der Waals surface area contributed by atoms with E-state index in [4.69, 9.17) is 4.74 Å². The molecule has 8 heteroatoms. The van der Waals surface area contributed by atoms with Crippen LogP contribution < -0.4 is 0 Å². The molecule has 0 N–H and O–H groups in total. The van der Waals surface area contributed by atoms with Gasteiger partial charge in [-0.15, -0.1) is 0 Å². The molecular formula is C15H26N4O3S. The number of hydrogen-bond donors (Lipinski definition) is 0. The highest BCUT2D eigenvalue weighted by Crippen LogP contribution is 2.32. The van der Waals surface area contributed by atoms with Crippen LogP contribution in [0.15, 0.2) is 6.20 Å². The molecule has 0 aromatic carbocycles. The molecule has 1 atom stereocenters. The Bertz CT molecular complexity index is 652. The van der Waals surface area contributed by atoms with Gasteiger partial charge in [-0.05, 0) is 25.7 Å². The van der Waals surface area contributed by atoms with Gasteiger partial charge in [-0.25, -0.2) is 0 Å². The summed E-state index contributed by atoms with van der Waals surface area (Å²) >= 11 is 0. The van der Waals surface area contributed by atoms with Crippen molar-refractivity contribution in [3.63, 3.8) is 0 Å². The first kappa shape index (κ1) is 16.9. The van der Waals surface area contributed by atoms with Crippen molar-refractivity contribution >= 4 is 10.2 Å². The van der Waals surface area contributed by atoms with Crippen LogP contribution in [-0.2, 0) is 28.0 Å². The van der Waals surface area contributed by atoms with E-state index in [1.165, 1.54) is 21.5 Å². The zero-order valence-electron chi connectivity index (χ0n) is 14.1. The van der Waals surface area contributed by atoms with Gasteiger partial charge in [-0.2, -0.15) is 22.1 Å². The van der Waals surface area contributed by atoms with E-state index in [1.807, 2.05) is 17.8 Å². The molecular weight excluding hydrogens is 316 g/mol. The molecule has 0 saturated heterocycles. The first-order chi connectivity index (χ1) is 10.9. The summed E-state index contributed by atoms with van der Waals surface area (Å²) in [6.45, 7) is 4.94. The third-order valence-corrected chi connectivity index (χ3v) is 6.40. The molecule has 0 amide bonds. The highest BCUT2D eigenvalue weighted by atomic mass is 32.2. The first-order valence-electron chi connectivity index (χ1n) is 8.23. The van der Waals surface area contributed by atoms with Crippen LogP contribution in [0, 0.1) is 5.92 Å². The first-order valence-corrected chi connectivity index (χ1v) is 9.63. The van der Waals surface area contributed by atoms with Crippen molar-refractivity contribution < 1.29 is 13.2 Å². The summed E-state index contributed by atoms with van der Waals surface area (Å²) in [5.41, 5.74) is 1.98. The van der Waals surface area contributed by atoms with Crippen LogP contribution in [0.4, 0.5) is 0 Å².